The van der Waals surface area contributed by atoms with E-state index in [0.29, 0.717) is 25.9 Å². The molecule has 130 valence electrons. The van der Waals surface area contributed by atoms with Crippen LogP contribution in [0.3, 0.4) is 0 Å². The van der Waals surface area contributed by atoms with Crippen LogP contribution in [-0.4, -0.2) is 59.9 Å². The Morgan fingerprint density at radius 3 is 2.79 bits per heavy atom. The highest BCUT2D eigenvalue weighted by molar-refractivity contribution is 7.99. The van der Waals surface area contributed by atoms with Crippen molar-refractivity contribution in [2.24, 2.45) is 5.92 Å². The molecule has 1 aromatic carbocycles. The zero-order chi connectivity index (χ0) is 16.9. The Bertz CT molecular complexity index is 602. The highest BCUT2D eigenvalue weighted by atomic mass is 32.2. The first kappa shape index (κ1) is 17.1. The van der Waals surface area contributed by atoms with E-state index in [1.165, 1.54) is 0 Å². The molecule has 0 N–H and O–H groups in total. The monoisotopic (exact) mass is 348 g/mol. The van der Waals surface area contributed by atoms with Gasteiger partial charge in [0, 0.05) is 49.7 Å². The van der Waals surface area contributed by atoms with Crippen molar-refractivity contribution in [3.8, 4) is 5.75 Å². The summed E-state index contributed by atoms with van der Waals surface area (Å²) in [6.07, 6.45) is 1.12. The van der Waals surface area contributed by atoms with Gasteiger partial charge in [-0.2, -0.15) is 11.8 Å². The second-order valence-corrected chi connectivity index (χ2v) is 7.48. The van der Waals surface area contributed by atoms with Crippen molar-refractivity contribution in [2.75, 3.05) is 38.2 Å². The van der Waals surface area contributed by atoms with E-state index in [4.69, 9.17) is 4.74 Å². The summed E-state index contributed by atoms with van der Waals surface area (Å²) in [5.74, 6) is 3.09. The van der Waals surface area contributed by atoms with Gasteiger partial charge in [0.2, 0.25) is 11.8 Å². The highest BCUT2D eigenvalue weighted by Crippen LogP contribution is 2.25. The number of hydrogen-bond donors (Lipinski definition) is 0. The summed E-state index contributed by atoms with van der Waals surface area (Å²) in [7, 11) is 1.64. The van der Waals surface area contributed by atoms with Crippen molar-refractivity contribution < 1.29 is 14.3 Å². The van der Waals surface area contributed by atoms with Gasteiger partial charge in [0.1, 0.15) is 5.75 Å². The maximum absolute atomic E-state index is 12.7. The maximum Gasteiger partial charge on any atom is 0.227 e. The van der Waals surface area contributed by atoms with Gasteiger partial charge in [0.05, 0.1) is 13.0 Å². The molecule has 2 amide bonds. The third kappa shape index (κ3) is 3.86. The van der Waals surface area contributed by atoms with Crippen LogP contribution in [-0.2, 0) is 16.1 Å². The van der Waals surface area contributed by atoms with Crippen LogP contribution in [0.25, 0.3) is 0 Å². The average molecular weight is 348 g/mol. The van der Waals surface area contributed by atoms with Crippen LogP contribution in [0.4, 0.5) is 0 Å². The van der Waals surface area contributed by atoms with Crippen LogP contribution < -0.4 is 4.74 Å². The van der Waals surface area contributed by atoms with E-state index in [1.807, 2.05) is 45.8 Å². The van der Waals surface area contributed by atoms with Crippen molar-refractivity contribution >= 4 is 23.6 Å². The number of para-hydroxylation sites is 1. The maximum atomic E-state index is 12.7. The van der Waals surface area contributed by atoms with E-state index < -0.39 is 0 Å². The van der Waals surface area contributed by atoms with Gasteiger partial charge in [-0.3, -0.25) is 9.59 Å². The number of likely N-dealkylation sites (tertiary alicyclic amines) is 1. The molecule has 2 saturated heterocycles. The molecule has 0 aliphatic carbocycles. The molecule has 0 unspecified atom stereocenters. The Balaban J connectivity index is 1.67. The molecule has 1 atom stereocenters. The smallest absolute Gasteiger partial charge is 0.227 e. The third-order valence-corrected chi connectivity index (χ3v) is 5.67. The summed E-state index contributed by atoms with van der Waals surface area (Å²) >= 11 is 1.90. The first-order valence-electron chi connectivity index (χ1n) is 8.45. The molecular formula is C18H24N2O3S. The lowest BCUT2D eigenvalue weighted by Crippen LogP contribution is -2.48. The molecule has 24 heavy (non-hydrogen) atoms. The minimum Gasteiger partial charge on any atom is -0.496 e. The number of amides is 2. The summed E-state index contributed by atoms with van der Waals surface area (Å²) in [6.45, 7) is 2.68. The molecule has 6 heteroatoms. The SMILES string of the molecule is COc1ccccc1CN1C[C@@H](C(=O)N2CCSCC2)CCC1=O. The largest absolute Gasteiger partial charge is 0.496 e. The van der Waals surface area contributed by atoms with Crippen LogP contribution in [0, 0.1) is 5.92 Å². The van der Waals surface area contributed by atoms with Crippen LogP contribution in [0.2, 0.25) is 0 Å². The fraction of sp³-hybridized carbons (Fsp3) is 0.556. The summed E-state index contributed by atoms with van der Waals surface area (Å²) in [6, 6.07) is 7.73. The summed E-state index contributed by atoms with van der Waals surface area (Å²) in [4.78, 5) is 28.8. The molecule has 1 aromatic rings. The van der Waals surface area contributed by atoms with Crippen molar-refractivity contribution in [1.82, 2.24) is 9.80 Å². The number of carbonyl (C=O) groups excluding carboxylic acids is 2. The van der Waals surface area contributed by atoms with Crippen LogP contribution in [0.1, 0.15) is 18.4 Å². The van der Waals surface area contributed by atoms with Gasteiger partial charge in [-0.15, -0.1) is 0 Å². The fourth-order valence-corrected chi connectivity index (χ4v) is 4.25. The van der Waals surface area contributed by atoms with Crippen molar-refractivity contribution in [1.29, 1.82) is 0 Å². The van der Waals surface area contributed by atoms with E-state index in [1.54, 1.807) is 7.11 Å². The van der Waals surface area contributed by atoms with Crippen molar-refractivity contribution in [3.63, 3.8) is 0 Å². The zero-order valence-electron chi connectivity index (χ0n) is 14.1. The summed E-state index contributed by atoms with van der Waals surface area (Å²) in [5, 5.41) is 0. The van der Waals surface area contributed by atoms with Crippen molar-refractivity contribution in [3.05, 3.63) is 29.8 Å². The lowest BCUT2D eigenvalue weighted by atomic mass is 9.95. The Labute approximate surface area is 147 Å². The lowest BCUT2D eigenvalue weighted by Gasteiger charge is -2.36. The Morgan fingerprint density at radius 1 is 1.29 bits per heavy atom. The van der Waals surface area contributed by atoms with Gasteiger partial charge in [0.15, 0.2) is 0 Å². The standard InChI is InChI=1S/C18H24N2O3S/c1-23-16-5-3-2-4-14(16)12-20-13-15(6-7-17(20)21)18(22)19-8-10-24-11-9-19/h2-5,15H,6-13H2,1H3/t15-/m0/s1. The average Bonchev–Trinajstić information content (AvgIpc) is 2.64. The molecule has 0 radical (unpaired) electrons. The molecule has 5 nitrogen and oxygen atoms in total. The second-order valence-electron chi connectivity index (χ2n) is 6.26. The molecule has 2 fully saturated rings. The number of rotatable bonds is 4. The van der Waals surface area contributed by atoms with Crippen molar-refractivity contribution in [2.45, 2.75) is 19.4 Å². The Morgan fingerprint density at radius 2 is 2.04 bits per heavy atom. The zero-order valence-corrected chi connectivity index (χ0v) is 14.9. The van der Waals surface area contributed by atoms with E-state index in [2.05, 4.69) is 0 Å². The van der Waals surface area contributed by atoms with Gasteiger partial charge >= 0.3 is 0 Å². The fourth-order valence-electron chi connectivity index (χ4n) is 3.35. The van der Waals surface area contributed by atoms with Crippen LogP contribution >= 0.6 is 11.8 Å². The predicted molar refractivity (Wildman–Crippen MR) is 95.0 cm³/mol. The molecule has 2 aliphatic heterocycles. The topological polar surface area (TPSA) is 49.9 Å². The van der Waals surface area contributed by atoms with Crippen LogP contribution in [0.5, 0.6) is 5.75 Å². The van der Waals surface area contributed by atoms with Gasteiger partial charge in [-0.1, -0.05) is 18.2 Å². The molecule has 0 bridgehead atoms. The Hall–Kier alpha value is -1.69. The van der Waals surface area contributed by atoms with Gasteiger partial charge in [-0.05, 0) is 12.5 Å². The summed E-state index contributed by atoms with van der Waals surface area (Å²) in [5.41, 5.74) is 0.982. The minimum atomic E-state index is -0.0690. The van der Waals surface area contributed by atoms with Gasteiger partial charge in [-0.25, -0.2) is 0 Å². The molecule has 0 saturated carbocycles. The quantitative estimate of drug-likeness (QED) is 0.835. The number of carbonyl (C=O) groups is 2. The highest BCUT2D eigenvalue weighted by Gasteiger charge is 2.33. The normalized spacial score (nSPS) is 21.7. The predicted octanol–water partition coefficient (Wildman–Crippen LogP) is 2.01. The first-order chi connectivity index (χ1) is 11.7. The molecule has 2 aliphatic rings. The number of benzene rings is 1. The van der Waals surface area contributed by atoms with Gasteiger partial charge < -0.3 is 14.5 Å². The van der Waals surface area contributed by atoms with E-state index in [0.717, 1.165) is 35.9 Å². The number of methoxy groups -OCH3 is 1. The molecule has 2 heterocycles. The number of ether oxygens (including phenoxy) is 1. The molecule has 3 rings (SSSR count). The molecular weight excluding hydrogens is 324 g/mol. The lowest BCUT2D eigenvalue weighted by molar-refractivity contribution is -0.143. The number of thioether (sulfide) groups is 1. The van der Waals surface area contributed by atoms with E-state index >= 15 is 0 Å². The summed E-state index contributed by atoms with van der Waals surface area (Å²) < 4.78 is 5.38. The number of piperidine rings is 1. The second kappa shape index (κ2) is 7.92. The minimum absolute atomic E-state index is 0.0690. The third-order valence-electron chi connectivity index (χ3n) is 4.73. The number of nitrogens with zero attached hydrogens (tertiary/aromatic N) is 2. The molecule has 0 spiro atoms. The van der Waals surface area contributed by atoms with Gasteiger partial charge in [0.25, 0.3) is 0 Å². The number of hydrogen-bond acceptors (Lipinski definition) is 4. The first-order valence-corrected chi connectivity index (χ1v) is 9.60. The van der Waals surface area contributed by atoms with Crippen LogP contribution in [0.15, 0.2) is 24.3 Å². The Kier molecular flexibility index (Phi) is 5.66. The van der Waals surface area contributed by atoms with E-state index in [9.17, 15) is 9.59 Å². The molecule has 0 aromatic heterocycles. The van der Waals surface area contributed by atoms with E-state index in [-0.39, 0.29) is 17.7 Å².